The number of rotatable bonds is 5. The molecule has 16 heavy (non-hydrogen) atoms. The molecule has 0 saturated heterocycles. The Balaban J connectivity index is 2.11. The van der Waals surface area contributed by atoms with Crippen LogP contribution in [0, 0.1) is 5.92 Å². The second-order valence-corrected chi connectivity index (χ2v) is 4.82. The molecule has 1 aromatic rings. The highest BCUT2D eigenvalue weighted by molar-refractivity contribution is 5.40. The third-order valence-corrected chi connectivity index (χ3v) is 2.71. The van der Waals surface area contributed by atoms with E-state index in [1.165, 1.54) is 12.8 Å². The molecule has 0 amide bonds. The van der Waals surface area contributed by atoms with Crippen LogP contribution in [0.4, 0.5) is 5.82 Å². The van der Waals surface area contributed by atoms with Gasteiger partial charge in [-0.05, 0) is 30.9 Å². The monoisotopic (exact) mass is 221 g/mol. The van der Waals surface area contributed by atoms with Gasteiger partial charge in [-0.1, -0.05) is 13.8 Å². The number of aromatic nitrogens is 2. The van der Waals surface area contributed by atoms with Crippen LogP contribution in [-0.2, 0) is 6.61 Å². The van der Waals surface area contributed by atoms with E-state index in [0.717, 1.165) is 12.4 Å². The maximum Gasteiger partial charge on any atom is 0.151 e. The largest absolute Gasteiger partial charge is 0.390 e. The number of hydrogen-bond acceptors (Lipinski definition) is 4. The molecule has 1 saturated carbocycles. The summed E-state index contributed by atoms with van der Waals surface area (Å²) in [6.07, 6.45) is 2.52. The summed E-state index contributed by atoms with van der Waals surface area (Å²) in [5.41, 5.74) is 0.629. The zero-order valence-electron chi connectivity index (χ0n) is 9.93. The standard InChI is InChI=1S/C12H19N3O/c1-9(2)7-15(11-4-5-11)12-6-3-10(8-16)13-14-12/h3,6,9,11,16H,4-5,7-8H2,1-2H3. The van der Waals surface area contributed by atoms with Crippen molar-refractivity contribution in [1.82, 2.24) is 10.2 Å². The van der Waals surface area contributed by atoms with E-state index < -0.39 is 0 Å². The van der Waals surface area contributed by atoms with E-state index in [1.807, 2.05) is 12.1 Å². The highest BCUT2D eigenvalue weighted by atomic mass is 16.3. The normalized spacial score (nSPS) is 15.5. The average Bonchev–Trinajstić information content (AvgIpc) is 3.10. The van der Waals surface area contributed by atoms with Gasteiger partial charge in [0.05, 0.1) is 12.3 Å². The highest BCUT2D eigenvalue weighted by Crippen LogP contribution is 2.30. The summed E-state index contributed by atoms with van der Waals surface area (Å²) in [5.74, 6) is 1.56. The Labute approximate surface area is 96.3 Å². The molecular weight excluding hydrogens is 202 g/mol. The maximum atomic E-state index is 8.92. The van der Waals surface area contributed by atoms with E-state index in [1.54, 1.807) is 0 Å². The van der Waals surface area contributed by atoms with Crippen molar-refractivity contribution in [3.8, 4) is 0 Å². The molecule has 2 rings (SSSR count). The van der Waals surface area contributed by atoms with Crippen molar-refractivity contribution in [2.45, 2.75) is 39.3 Å². The van der Waals surface area contributed by atoms with Crippen LogP contribution in [0.25, 0.3) is 0 Å². The molecule has 1 aliphatic rings. The summed E-state index contributed by atoms with van der Waals surface area (Å²) in [6.45, 7) is 5.41. The molecule has 1 aromatic heterocycles. The van der Waals surface area contributed by atoms with Gasteiger partial charge in [-0.25, -0.2) is 0 Å². The summed E-state index contributed by atoms with van der Waals surface area (Å²) in [6, 6.07) is 4.45. The first-order valence-electron chi connectivity index (χ1n) is 5.91. The minimum absolute atomic E-state index is 0.0408. The molecule has 0 bridgehead atoms. The number of aliphatic hydroxyl groups is 1. The number of anilines is 1. The van der Waals surface area contributed by atoms with Crippen LogP contribution in [0.3, 0.4) is 0 Å². The van der Waals surface area contributed by atoms with Gasteiger partial charge in [0.15, 0.2) is 5.82 Å². The van der Waals surface area contributed by atoms with Gasteiger partial charge in [0.2, 0.25) is 0 Å². The minimum Gasteiger partial charge on any atom is -0.390 e. The van der Waals surface area contributed by atoms with Gasteiger partial charge in [-0.3, -0.25) is 0 Å². The maximum absolute atomic E-state index is 8.92. The van der Waals surface area contributed by atoms with Gasteiger partial charge in [0.25, 0.3) is 0 Å². The molecule has 0 spiro atoms. The Morgan fingerprint density at radius 3 is 2.56 bits per heavy atom. The Morgan fingerprint density at radius 1 is 1.38 bits per heavy atom. The van der Waals surface area contributed by atoms with Crippen molar-refractivity contribution in [3.05, 3.63) is 17.8 Å². The summed E-state index contributed by atoms with van der Waals surface area (Å²) in [5, 5.41) is 17.1. The molecule has 88 valence electrons. The zero-order valence-corrected chi connectivity index (χ0v) is 9.93. The van der Waals surface area contributed by atoms with E-state index in [0.29, 0.717) is 17.7 Å². The molecule has 1 heterocycles. The predicted molar refractivity (Wildman–Crippen MR) is 63.2 cm³/mol. The topological polar surface area (TPSA) is 49.2 Å². The first-order valence-corrected chi connectivity index (χ1v) is 5.91. The van der Waals surface area contributed by atoms with Gasteiger partial charge in [-0.2, -0.15) is 5.10 Å². The SMILES string of the molecule is CC(C)CN(c1ccc(CO)nn1)C1CC1. The van der Waals surface area contributed by atoms with Gasteiger partial charge < -0.3 is 10.0 Å². The second kappa shape index (κ2) is 4.78. The molecular formula is C12H19N3O. The third-order valence-electron chi connectivity index (χ3n) is 2.71. The van der Waals surface area contributed by atoms with Crippen LogP contribution in [-0.4, -0.2) is 27.9 Å². The van der Waals surface area contributed by atoms with Crippen LogP contribution in [0.15, 0.2) is 12.1 Å². The predicted octanol–water partition coefficient (Wildman–Crippen LogP) is 1.59. The van der Waals surface area contributed by atoms with Crippen molar-refractivity contribution in [2.75, 3.05) is 11.4 Å². The Morgan fingerprint density at radius 2 is 2.12 bits per heavy atom. The van der Waals surface area contributed by atoms with E-state index in [-0.39, 0.29) is 6.61 Å². The van der Waals surface area contributed by atoms with Gasteiger partial charge in [0.1, 0.15) is 0 Å². The minimum atomic E-state index is -0.0408. The van der Waals surface area contributed by atoms with Crippen molar-refractivity contribution in [3.63, 3.8) is 0 Å². The molecule has 4 heteroatoms. The summed E-state index contributed by atoms with van der Waals surface area (Å²) in [4.78, 5) is 2.33. The summed E-state index contributed by atoms with van der Waals surface area (Å²) < 4.78 is 0. The fourth-order valence-corrected chi connectivity index (χ4v) is 1.80. The van der Waals surface area contributed by atoms with Crippen LogP contribution in [0.5, 0.6) is 0 Å². The lowest BCUT2D eigenvalue weighted by Crippen LogP contribution is -2.30. The number of aliphatic hydroxyl groups excluding tert-OH is 1. The van der Waals surface area contributed by atoms with E-state index in [2.05, 4.69) is 28.9 Å². The quantitative estimate of drug-likeness (QED) is 0.820. The Hall–Kier alpha value is -1.16. The molecule has 4 nitrogen and oxygen atoms in total. The number of nitrogens with zero attached hydrogens (tertiary/aromatic N) is 3. The lowest BCUT2D eigenvalue weighted by atomic mass is 10.2. The molecule has 0 aromatic carbocycles. The van der Waals surface area contributed by atoms with Crippen LogP contribution >= 0.6 is 0 Å². The Kier molecular flexibility index (Phi) is 3.39. The average molecular weight is 221 g/mol. The second-order valence-electron chi connectivity index (χ2n) is 4.82. The third kappa shape index (κ3) is 2.70. The molecule has 0 unspecified atom stereocenters. The summed E-state index contributed by atoms with van der Waals surface area (Å²) >= 11 is 0. The fraction of sp³-hybridized carbons (Fsp3) is 0.667. The lowest BCUT2D eigenvalue weighted by Gasteiger charge is -2.24. The van der Waals surface area contributed by atoms with Crippen LogP contribution in [0.2, 0.25) is 0 Å². The van der Waals surface area contributed by atoms with Crippen LogP contribution < -0.4 is 4.90 Å². The first kappa shape index (κ1) is 11.3. The smallest absolute Gasteiger partial charge is 0.151 e. The fourth-order valence-electron chi connectivity index (χ4n) is 1.80. The van der Waals surface area contributed by atoms with Gasteiger partial charge >= 0.3 is 0 Å². The highest BCUT2D eigenvalue weighted by Gasteiger charge is 2.30. The van der Waals surface area contributed by atoms with Gasteiger partial charge in [-0.15, -0.1) is 5.10 Å². The van der Waals surface area contributed by atoms with E-state index in [4.69, 9.17) is 5.11 Å². The van der Waals surface area contributed by atoms with Crippen molar-refractivity contribution < 1.29 is 5.11 Å². The van der Waals surface area contributed by atoms with Crippen molar-refractivity contribution >= 4 is 5.82 Å². The molecule has 1 fully saturated rings. The van der Waals surface area contributed by atoms with E-state index in [9.17, 15) is 0 Å². The lowest BCUT2D eigenvalue weighted by molar-refractivity contribution is 0.275. The molecule has 0 aliphatic heterocycles. The van der Waals surface area contributed by atoms with Crippen molar-refractivity contribution in [1.29, 1.82) is 0 Å². The number of hydrogen-bond donors (Lipinski definition) is 1. The molecule has 1 N–H and O–H groups in total. The molecule has 1 aliphatic carbocycles. The summed E-state index contributed by atoms with van der Waals surface area (Å²) in [7, 11) is 0. The molecule has 0 radical (unpaired) electrons. The first-order chi connectivity index (χ1) is 7.70. The van der Waals surface area contributed by atoms with Gasteiger partial charge in [0, 0.05) is 12.6 Å². The van der Waals surface area contributed by atoms with Crippen molar-refractivity contribution in [2.24, 2.45) is 5.92 Å². The van der Waals surface area contributed by atoms with E-state index >= 15 is 0 Å². The Bertz CT molecular complexity index is 333. The zero-order chi connectivity index (χ0) is 11.5. The molecule has 0 atom stereocenters. The van der Waals surface area contributed by atoms with Crippen LogP contribution in [0.1, 0.15) is 32.4 Å².